The Morgan fingerprint density at radius 1 is 0.923 bits per heavy atom. The Morgan fingerprint density at radius 3 is 2.31 bits per heavy atom. The Hall–Kier alpha value is -3.39. The molecule has 0 aliphatic carbocycles. The lowest BCUT2D eigenvalue weighted by Crippen LogP contribution is -2.54. The van der Waals surface area contributed by atoms with Gasteiger partial charge in [-0.15, -0.1) is 0 Å². The van der Waals surface area contributed by atoms with Crippen molar-refractivity contribution in [2.24, 2.45) is 11.3 Å². The number of imide groups is 2. The van der Waals surface area contributed by atoms with Crippen molar-refractivity contribution < 1.29 is 23.6 Å². The predicted molar refractivity (Wildman–Crippen MR) is 144 cm³/mol. The van der Waals surface area contributed by atoms with E-state index in [1.165, 1.54) is 0 Å². The topological polar surface area (TPSA) is 86.8 Å². The van der Waals surface area contributed by atoms with Gasteiger partial charge >= 0.3 is 0 Å². The molecule has 3 heterocycles. The Labute approximate surface area is 228 Å². The number of likely N-dealkylation sites (tertiary alicyclic amines) is 1. The molecular weight excluding hydrogens is 497 g/mol. The molecule has 2 saturated heterocycles. The number of nitrogens with one attached hydrogen (secondary N) is 1. The van der Waals surface area contributed by atoms with E-state index >= 15 is 4.39 Å². The number of amides is 4. The molecule has 1 unspecified atom stereocenters. The molecule has 3 aliphatic rings. The zero-order chi connectivity index (χ0) is 27.9. The Balaban J connectivity index is 1.24. The van der Waals surface area contributed by atoms with Crippen molar-refractivity contribution in [3.63, 3.8) is 0 Å². The van der Waals surface area contributed by atoms with E-state index < -0.39 is 29.7 Å². The molecule has 4 amide bonds. The summed E-state index contributed by atoms with van der Waals surface area (Å²) in [5.74, 6) is -1.67. The lowest BCUT2D eigenvalue weighted by Gasteiger charge is -2.38. The molecule has 39 heavy (non-hydrogen) atoms. The normalized spacial score (nSPS) is 20.9. The van der Waals surface area contributed by atoms with E-state index in [2.05, 4.69) is 31.0 Å². The van der Waals surface area contributed by atoms with Gasteiger partial charge in [-0.1, -0.05) is 45.0 Å². The van der Waals surface area contributed by atoms with Crippen LogP contribution in [0.2, 0.25) is 0 Å². The molecule has 8 heteroatoms. The molecule has 2 aromatic carbocycles. The van der Waals surface area contributed by atoms with Gasteiger partial charge in [-0.25, -0.2) is 4.39 Å². The van der Waals surface area contributed by atoms with Crippen molar-refractivity contribution in [3.8, 4) is 0 Å². The second kappa shape index (κ2) is 10.6. The maximum absolute atomic E-state index is 15.1. The number of halogens is 1. The number of hydrogen-bond acceptors (Lipinski definition) is 5. The van der Waals surface area contributed by atoms with Gasteiger partial charge in [0.15, 0.2) is 0 Å². The van der Waals surface area contributed by atoms with Crippen LogP contribution in [0.1, 0.15) is 83.9 Å². The van der Waals surface area contributed by atoms with Crippen molar-refractivity contribution in [3.05, 3.63) is 70.0 Å². The fourth-order valence-electron chi connectivity index (χ4n) is 6.17. The first kappa shape index (κ1) is 27.2. The highest BCUT2D eigenvalue weighted by Crippen LogP contribution is 2.35. The summed E-state index contributed by atoms with van der Waals surface area (Å²) in [6.07, 6.45) is 3.25. The summed E-state index contributed by atoms with van der Waals surface area (Å²) in [4.78, 5) is 53.6. The van der Waals surface area contributed by atoms with Crippen LogP contribution in [0.5, 0.6) is 0 Å². The van der Waals surface area contributed by atoms with E-state index in [0.29, 0.717) is 35.3 Å². The number of carbonyl (C=O) groups is 4. The van der Waals surface area contributed by atoms with E-state index in [-0.39, 0.29) is 29.8 Å². The number of carbonyl (C=O) groups excluding carboxylic acids is 4. The van der Waals surface area contributed by atoms with Crippen LogP contribution in [0.25, 0.3) is 0 Å². The SMILES string of the molecule is CC(C)(C)C1CCN(Cc2ccc(CCc3cccc4c3C(=O)N(C3CCC(=O)NC3=O)C4=O)c(F)c2)CC1. The first-order valence-electron chi connectivity index (χ1n) is 13.9. The first-order valence-corrected chi connectivity index (χ1v) is 13.9. The molecule has 1 N–H and O–H groups in total. The zero-order valence-electron chi connectivity index (χ0n) is 22.9. The predicted octanol–water partition coefficient (Wildman–Crippen LogP) is 4.27. The van der Waals surface area contributed by atoms with Crippen LogP contribution in [0.15, 0.2) is 36.4 Å². The molecule has 0 saturated carbocycles. The summed E-state index contributed by atoms with van der Waals surface area (Å²) in [6.45, 7) is 9.67. The van der Waals surface area contributed by atoms with Crippen LogP contribution in [0.3, 0.4) is 0 Å². The van der Waals surface area contributed by atoms with Crippen LogP contribution in [0, 0.1) is 17.2 Å². The summed E-state index contributed by atoms with van der Waals surface area (Å²) in [5, 5.41) is 2.21. The van der Waals surface area contributed by atoms with E-state index in [4.69, 9.17) is 0 Å². The summed E-state index contributed by atoms with van der Waals surface area (Å²) < 4.78 is 15.1. The maximum atomic E-state index is 15.1. The minimum atomic E-state index is -1.01. The van der Waals surface area contributed by atoms with Gasteiger partial charge in [0.2, 0.25) is 11.8 Å². The second-order valence-electron chi connectivity index (χ2n) is 12.1. The number of piperidine rings is 2. The summed E-state index contributed by atoms with van der Waals surface area (Å²) in [6, 6.07) is 9.44. The van der Waals surface area contributed by atoms with Gasteiger partial charge in [0, 0.05) is 13.0 Å². The van der Waals surface area contributed by atoms with Crippen molar-refractivity contribution >= 4 is 23.6 Å². The second-order valence-corrected chi connectivity index (χ2v) is 12.1. The van der Waals surface area contributed by atoms with Crippen molar-refractivity contribution in [2.75, 3.05) is 13.1 Å². The minimum Gasteiger partial charge on any atom is -0.299 e. The van der Waals surface area contributed by atoms with Gasteiger partial charge in [0.1, 0.15) is 11.9 Å². The first-order chi connectivity index (χ1) is 18.5. The fourth-order valence-corrected chi connectivity index (χ4v) is 6.17. The highest BCUT2D eigenvalue weighted by molar-refractivity contribution is 6.24. The van der Waals surface area contributed by atoms with E-state index in [1.807, 2.05) is 12.1 Å². The third kappa shape index (κ3) is 5.53. The van der Waals surface area contributed by atoms with Crippen LogP contribution >= 0.6 is 0 Å². The highest BCUT2D eigenvalue weighted by Gasteiger charge is 2.45. The largest absolute Gasteiger partial charge is 0.299 e. The molecule has 5 rings (SSSR count). The number of fused-ring (bicyclic) bond motifs is 1. The van der Waals surface area contributed by atoms with Gasteiger partial charge in [-0.2, -0.15) is 0 Å². The van der Waals surface area contributed by atoms with Crippen LogP contribution in [-0.2, 0) is 29.0 Å². The summed E-state index contributed by atoms with van der Waals surface area (Å²) in [7, 11) is 0. The monoisotopic (exact) mass is 533 g/mol. The molecule has 2 fully saturated rings. The highest BCUT2D eigenvalue weighted by atomic mass is 19.1. The number of nitrogens with zero attached hydrogens (tertiary/aromatic N) is 2. The maximum Gasteiger partial charge on any atom is 0.262 e. The van der Waals surface area contributed by atoms with Crippen molar-refractivity contribution in [1.29, 1.82) is 0 Å². The number of aryl methyl sites for hydroxylation is 2. The molecule has 7 nitrogen and oxygen atoms in total. The Bertz CT molecular complexity index is 1320. The van der Waals surface area contributed by atoms with Crippen molar-refractivity contribution in [1.82, 2.24) is 15.1 Å². The lowest BCUT2D eigenvalue weighted by atomic mass is 9.75. The smallest absolute Gasteiger partial charge is 0.262 e. The molecule has 206 valence electrons. The number of benzene rings is 2. The molecule has 0 radical (unpaired) electrons. The quantitative estimate of drug-likeness (QED) is 0.561. The molecule has 2 aromatic rings. The van der Waals surface area contributed by atoms with Crippen LogP contribution < -0.4 is 5.32 Å². The van der Waals surface area contributed by atoms with E-state index in [0.717, 1.165) is 42.9 Å². The van der Waals surface area contributed by atoms with Gasteiger partial charge in [0.25, 0.3) is 11.8 Å². The standard InChI is InChI=1S/C31H36FN3O4/c1-31(2,3)22-13-15-34(16-14-22)18-19-7-8-20(24(32)17-19)9-10-21-5-4-6-23-27(21)30(39)35(29(23)38)25-11-12-26(36)33-28(25)37/h4-8,17,22,25H,9-16,18H2,1-3H3,(H,33,36,37). The van der Waals surface area contributed by atoms with Gasteiger partial charge in [-0.3, -0.25) is 34.3 Å². The molecule has 1 atom stereocenters. The number of hydrogen-bond donors (Lipinski definition) is 1. The molecule has 0 bridgehead atoms. The molecule has 0 aromatic heterocycles. The van der Waals surface area contributed by atoms with E-state index in [1.54, 1.807) is 24.3 Å². The molecule has 3 aliphatic heterocycles. The van der Waals surface area contributed by atoms with Gasteiger partial charge in [0.05, 0.1) is 11.1 Å². The average molecular weight is 534 g/mol. The summed E-state index contributed by atoms with van der Waals surface area (Å²) in [5.41, 5.74) is 2.98. The summed E-state index contributed by atoms with van der Waals surface area (Å²) >= 11 is 0. The molecular formula is C31H36FN3O4. The fraction of sp³-hybridized carbons (Fsp3) is 0.484. The van der Waals surface area contributed by atoms with Crippen LogP contribution in [0.4, 0.5) is 4.39 Å². The van der Waals surface area contributed by atoms with Crippen LogP contribution in [-0.4, -0.2) is 52.6 Å². The Kier molecular flexibility index (Phi) is 7.42. The van der Waals surface area contributed by atoms with Gasteiger partial charge < -0.3 is 0 Å². The lowest BCUT2D eigenvalue weighted by molar-refractivity contribution is -0.136. The average Bonchev–Trinajstić information content (AvgIpc) is 3.14. The third-order valence-corrected chi connectivity index (χ3v) is 8.55. The zero-order valence-corrected chi connectivity index (χ0v) is 22.9. The van der Waals surface area contributed by atoms with Gasteiger partial charge in [-0.05, 0) is 85.3 Å². The minimum absolute atomic E-state index is 0.0706. The Morgan fingerprint density at radius 2 is 1.64 bits per heavy atom. The van der Waals surface area contributed by atoms with Crippen molar-refractivity contribution in [2.45, 2.75) is 71.9 Å². The van der Waals surface area contributed by atoms with E-state index in [9.17, 15) is 19.2 Å². The third-order valence-electron chi connectivity index (χ3n) is 8.55. The molecule has 0 spiro atoms. The number of rotatable bonds is 6.